The first-order valence-corrected chi connectivity index (χ1v) is 8.07. The highest BCUT2D eigenvalue weighted by molar-refractivity contribution is 5.41. The van der Waals surface area contributed by atoms with Gasteiger partial charge in [0.1, 0.15) is 0 Å². The molecule has 0 radical (unpaired) electrons. The van der Waals surface area contributed by atoms with Crippen LogP contribution in [0.1, 0.15) is 5.69 Å². The van der Waals surface area contributed by atoms with Crippen LogP contribution in [0, 0.1) is 6.92 Å². The Kier molecular flexibility index (Phi) is 4.90. The molecule has 0 unspecified atom stereocenters. The summed E-state index contributed by atoms with van der Waals surface area (Å²) in [6.45, 7) is 2.12. The number of anilines is 1. The molecule has 0 fully saturated rings. The number of benzene rings is 2. The van der Waals surface area contributed by atoms with Gasteiger partial charge < -0.3 is 10.2 Å². The van der Waals surface area contributed by atoms with Crippen LogP contribution in [0.2, 0.25) is 0 Å². The zero-order valence-electron chi connectivity index (χ0n) is 14.6. The molecule has 25 heavy (non-hydrogen) atoms. The summed E-state index contributed by atoms with van der Waals surface area (Å²) >= 11 is 0. The smallest absolute Gasteiger partial charge is 0.314 e. The summed E-state index contributed by atoms with van der Waals surface area (Å²) < 4.78 is 9.20. The summed E-state index contributed by atoms with van der Waals surface area (Å²) in [6, 6.07) is 19.3. The summed E-state index contributed by atoms with van der Waals surface area (Å²) in [4.78, 5) is 12.8. The largest absolute Gasteiger partial charge is 0.469 e. The fourth-order valence-corrected chi connectivity index (χ4v) is 2.64. The van der Waals surface area contributed by atoms with E-state index in [2.05, 4.69) is 5.43 Å². The van der Waals surface area contributed by atoms with Gasteiger partial charge in [-0.3, -0.25) is 9.48 Å². The Morgan fingerprint density at radius 3 is 2.28 bits per heavy atom. The SMILES string of the molecule is Cc1c(OCN(C)Nc2ccccc2)c(=O)n(-c2ccccc2)n1C. The van der Waals surface area contributed by atoms with Crippen molar-refractivity contribution in [2.24, 2.45) is 7.05 Å². The lowest BCUT2D eigenvalue weighted by molar-refractivity contribution is 0.175. The topological polar surface area (TPSA) is 51.4 Å². The summed E-state index contributed by atoms with van der Waals surface area (Å²) in [7, 11) is 3.71. The van der Waals surface area contributed by atoms with Gasteiger partial charge in [-0.1, -0.05) is 36.4 Å². The highest BCUT2D eigenvalue weighted by atomic mass is 16.5. The average molecular weight is 338 g/mol. The molecule has 1 aromatic heterocycles. The van der Waals surface area contributed by atoms with Gasteiger partial charge in [-0.2, -0.15) is 5.01 Å². The van der Waals surface area contributed by atoms with Crippen molar-refractivity contribution >= 4 is 5.69 Å². The predicted octanol–water partition coefficient (Wildman–Crippen LogP) is 2.78. The monoisotopic (exact) mass is 338 g/mol. The van der Waals surface area contributed by atoms with Crippen molar-refractivity contribution < 1.29 is 4.74 Å². The van der Waals surface area contributed by atoms with Crippen LogP contribution in [-0.2, 0) is 7.05 Å². The van der Waals surface area contributed by atoms with Gasteiger partial charge >= 0.3 is 5.56 Å². The number of para-hydroxylation sites is 2. The second-order valence-electron chi connectivity index (χ2n) is 5.84. The van der Waals surface area contributed by atoms with Crippen LogP contribution in [0.25, 0.3) is 5.69 Å². The molecule has 0 saturated carbocycles. The molecule has 2 aromatic carbocycles. The third-order valence-corrected chi connectivity index (χ3v) is 4.00. The Balaban J connectivity index is 1.76. The molecule has 0 aliphatic heterocycles. The molecule has 1 N–H and O–H groups in total. The number of nitrogens with zero attached hydrogens (tertiary/aromatic N) is 3. The minimum Gasteiger partial charge on any atom is -0.469 e. The Labute approximate surface area is 146 Å². The molecule has 0 amide bonds. The standard InChI is InChI=1S/C19H22N4O2/c1-15-18(25-14-21(2)20-16-10-6-4-7-11-16)19(24)23(22(15)3)17-12-8-5-9-13-17/h4-13,20H,14H2,1-3H3. The lowest BCUT2D eigenvalue weighted by atomic mass is 10.3. The molecule has 0 saturated heterocycles. The van der Waals surface area contributed by atoms with Crippen LogP contribution < -0.4 is 15.7 Å². The van der Waals surface area contributed by atoms with Gasteiger partial charge in [-0.05, 0) is 31.2 Å². The van der Waals surface area contributed by atoms with Crippen molar-refractivity contribution in [3.63, 3.8) is 0 Å². The van der Waals surface area contributed by atoms with E-state index in [0.717, 1.165) is 17.1 Å². The lowest BCUT2D eigenvalue weighted by Crippen LogP contribution is -2.30. The summed E-state index contributed by atoms with van der Waals surface area (Å²) in [5.74, 6) is 0.355. The molecule has 3 aromatic rings. The zero-order valence-corrected chi connectivity index (χ0v) is 14.6. The van der Waals surface area contributed by atoms with Gasteiger partial charge in [0.15, 0.2) is 6.73 Å². The average Bonchev–Trinajstić information content (AvgIpc) is 2.84. The first-order chi connectivity index (χ1) is 12.1. The third-order valence-electron chi connectivity index (χ3n) is 4.00. The van der Waals surface area contributed by atoms with E-state index >= 15 is 0 Å². The molecule has 0 atom stereocenters. The van der Waals surface area contributed by atoms with Crippen molar-refractivity contribution in [1.29, 1.82) is 0 Å². The summed E-state index contributed by atoms with van der Waals surface area (Å²) in [5, 5.41) is 1.79. The second-order valence-corrected chi connectivity index (χ2v) is 5.84. The van der Waals surface area contributed by atoms with E-state index in [1.54, 1.807) is 14.4 Å². The molecule has 130 valence electrons. The van der Waals surface area contributed by atoms with Crippen molar-refractivity contribution in [3.05, 3.63) is 76.7 Å². The lowest BCUT2D eigenvalue weighted by Gasteiger charge is -2.19. The fraction of sp³-hybridized carbons (Fsp3) is 0.211. The first-order valence-electron chi connectivity index (χ1n) is 8.07. The number of ether oxygens (including phenoxy) is 1. The molecular formula is C19H22N4O2. The van der Waals surface area contributed by atoms with Gasteiger partial charge in [0, 0.05) is 19.8 Å². The molecule has 0 spiro atoms. The normalized spacial score (nSPS) is 10.9. The van der Waals surface area contributed by atoms with E-state index in [4.69, 9.17) is 4.74 Å². The van der Waals surface area contributed by atoms with Crippen LogP contribution in [0.15, 0.2) is 65.5 Å². The van der Waals surface area contributed by atoms with Crippen LogP contribution in [0.4, 0.5) is 5.69 Å². The molecule has 3 rings (SSSR count). The minimum absolute atomic E-state index is 0.167. The van der Waals surface area contributed by atoms with Crippen LogP contribution in [-0.4, -0.2) is 28.2 Å². The van der Waals surface area contributed by atoms with E-state index in [1.807, 2.05) is 81.7 Å². The van der Waals surface area contributed by atoms with Crippen molar-refractivity contribution in [2.45, 2.75) is 6.92 Å². The van der Waals surface area contributed by atoms with Crippen LogP contribution in [0.5, 0.6) is 5.75 Å². The summed E-state index contributed by atoms with van der Waals surface area (Å²) in [6.07, 6.45) is 0. The van der Waals surface area contributed by atoms with E-state index in [9.17, 15) is 4.79 Å². The van der Waals surface area contributed by atoms with E-state index in [1.165, 1.54) is 0 Å². The van der Waals surface area contributed by atoms with E-state index < -0.39 is 0 Å². The Bertz CT molecular complexity index is 885. The molecule has 6 heteroatoms. The molecule has 0 bridgehead atoms. The number of hydrogen-bond donors (Lipinski definition) is 1. The maximum atomic E-state index is 12.8. The second kappa shape index (κ2) is 7.27. The highest BCUT2D eigenvalue weighted by Crippen LogP contribution is 2.16. The highest BCUT2D eigenvalue weighted by Gasteiger charge is 2.17. The Hall–Kier alpha value is -2.99. The van der Waals surface area contributed by atoms with E-state index in [0.29, 0.717) is 5.75 Å². The van der Waals surface area contributed by atoms with Crippen molar-refractivity contribution in [1.82, 2.24) is 14.4 Å². The number of rotatable bonds is 6. The fourth-order valence-electron chi connectivity index (χ4n) is 2.64. The number of hydrogen-bond acceptors (Lipinski definition) is 4. The molecule has 6 nitrogen and oxygen atoms in total. The Morgan fingerprint density at radius 2 is 1.64 bits per heavy atom. The van der Waals surface area contributed by atoms with Gasteiger partial charge in [0.05, 0.1) is 11.4 Å². The van der Waals surface area contributed by atoms with Crippen molar-refractivity contribution in [2.75, 3.05) is 19.2 Å². The van der Waals surface area contributed by atoms with Crippen molar-refractivity contribution in [3.8, 4) is 11.4 Å². The van der Waals surface area contributed by atoms with Gasteiger partial charge in [0.2, 0.25) is 5.75 Å². The summed E-state index contributed by atoms with van der Waals surface area (Å²) in [5.41, 5.74) is 5.58. The van der Waals surface area contributed by atoms with Gasteiger partial charge in [0.25, 0.3) is 0 Å². The first kappa shape index (κ1) is 16.9. The number of aromatic nitrogens is 2. The molecule has 1 heterocycles. The maximum Gasteiger partial charge on any atom is 0.314 e. The maximum absolute atomic E-state index is 12.8. The quantitative estimate of drug-likeness (QED) is 0.555. The third kappa shape index (κ3) is 3.59. The molecule has 0 aliphatic carbocycles. The Morgan fingerprint density at radius 1 is 1.04 bits per heavy atom. The minimum atomic E-state index is -0.167. The van der Waals surface area contributed by atoms with Crippen LogP contribution in [0.3, 0.4) is 0 Å². The molecular weight excluding hydrogens is 316 g/mol. The molecule has 0 aliphatic rings. The van der Waals surface area contributed by atoms with Crippen LogP contribution >= 0.6 is 0 Å². The number of hydrazine groups is 1. The predicted molar refractivity (Wildman–Crippen MR) is 99.1 cm³/mol. The van der Waals surface area contributed by atoms with E-state index in [-0.39, 0.29) is 12.3 Å². The van der Waals surface area contributed by atoms with Gasteiger partial charge in [-0.15, -0.1) is 0 Å². The number of nitrogens with one attached hydrogen (secondary N) is 1. The zero-order chi connectivity index (χ0) is 17.8. The van der Waals surface area contributed by atoms with Gasteiger partial charge in [-0.25, -0.2) is 4.68 Å².